The Bertz CT molecular complexity index is 1040. The molecular weight excluding hydrogens is 364 g/mol. The number of nitrogens with zero attached hydrogens (tertiary/aromatic N) is 2. The van der Waals surface area contributed by atoms with Crippen molar-refractivity contribution in [3.05, 3.63) is 63.5 Å². The van der Waals surface area contributed by atoms with Gasteiger partial charge in [0, 0.05) is 43.8 Å². The van der Waals surface area contributed by atoms with E-state index in [0.29, 0.717) is 21.6 Å². The molecule has 0 bridgehead atoms. The first-order valence-corrected chi connectivity index (χ1v) is 9.33. The molecule has 1 saturated heterocycles. The molecule has 0 unspecified atom stereocenters. The molecule has 140 valence electrons. The van der Waals surface area contributed by atoms with Crippen molar-refractivity contribution in [2.45, 2.75) is 6.54 Å². The van der Waals surface area contributed by atoms with Crippen molar-refractivity contribution in [3.8, 4) is 16.9 Å². The lowest BCUT2D eigenvalue weighted by molar-refractivity contribution is 0.148. The number of fused-ring (bicyclic) bond motifs is 1. The second-order valence-electron chi connectivity index (χ2n) is 7.04. The molecule has 1 aliphatic rings. The van der Waals surface area contributed by atoms with Gasteiger partial charge >= 0.3 is 0 Å². The highest BCUT2D eigenvalue weighted by Crippen LogP contribution is 2.27. The fourth-order valence-corrected chi connectivity index (χ4v) is 3.60. The maximum absolute atomic E-state index is 12.9. The van der Waals surface area contributed by atoms with Crippen LogP contribution >= 0.6 is 11.6 Å². The third-order valence-electron chi connectivity index (χ3n) is 5.10. The van der Waals surface area contributed by atoms with Gasteiger partial charge in [-0.2, -0.15) is 0 Å². The monoisotopic (exact) mass is 384 g/mol. The van der Waals surface area contributed by atoms with Gasteiger partial charge in [-0.15, -0.1) is 0 Å². The Morgan fingerprint density at radius 1 is 1.11 bits per heavy atom. The number of hydrogen-bond acceptors (Lipinski definition) is 5. The number of aromatic hydroxyl groups is 1. The first-order chi connectivity index (χ1) is 13.0. The number of phenols is 1. The van der Waals surface area contributed by atoms with Gasteiger partial charge in [-0.05, 0) is 42.4 Å². The molecule has 0 atom stereocenters. The van der Waals surface area contributed by atoms with Gasteiger partial charge in [-0.25, -0.2) is 0 Å². The van der Waals surface area contributed by atoms with Crippen LogP contribution in [0.4, 0.5) is 0 Å². The van der Waals surface area contributed by atoms with Crippen LogP contribution < -0.4 is 5.43 Å². The van der Waals surface area contributed by atoms with E-state index in [1.165, 1.54) is 18.4 Å². The van der Waals surface area contributed by atoms with Gasteiger partial charge in [0.25, 0.3) is 0 Å². The molecule has 4 rings (SSSR count). The molecule has 2 aromatic carbocycles. The summed E-state index contributed by atoms with van der Waals surface area (Å²) in [4.78, 5) is 17.6. The van der Waals surface area contributed by atoms with Crippen LogP contribution in [0, 0.1) is 0 Å². The van der Waals surface area contributed by atoms with E-state index in [1.807, 2.05) is 18.2 Å². The molecule has 1 aromatic heterocycles. The molecule has 0 spiro atoms. The predicted octanol–water partition coefficient (Wildman–Crippen LogP) is 3.57. The van der Waals surface area contributed by atoms with Crippen LogP contribution in [0.3, 0.4) is 0 Å². The summed E-state index contributed by atoms with van der Waals surface area (Å²) in [5.41, 5.74) is 2.53. The second-order valence-corrected chi connectivity index (χ2v) is 7.45. The zero-order valence-corrected chi connectivity index (χ0v) is 15.9. The minimum Gasteiger partial charge on any atom is -0.508 e. The van der Waals surface area contributed by atoms with E-state index in [4.69, 9.17) is 16.0 Å². The average molecular weight is 385 g/mol. The number of benzene rings is 2. The summed E-state index contributed by atoms with van der Waals surface area (Å²) < 4.78 is 5.58. The smallest absolute Gasteiger partial charge is 0.200 e. The molecule has 1 N–H and O–H groups in total. The number of halogens is 1. The zero-order chi connectivity index (χ0) is 19.0. The van der Waals surface area contributed by atoms with Gasteiger partial charge in [0.15, 0.2) is 5.43 Å². The minimum atomic E-state index is -0.121. The van der Waals surface area contributed by atoms with E-state index in [-0.39, 0.29) is 11.2 Å². The van der Waals surface area contributed by atoms with Gasteiger partial charge in [-0.3, -0.25) is 9.69 Å². The summed E-state index contributed by atoms with van der Waals surface area (Å²) >= 11 is 6.42. The Balaban J connectivity index is 1.68. The maximum atomic E-state index is 12.9. The Morgan fingerprint density at radius 2 is 1.89 bits per heavy atom. The Labute approximate surface area is 162 Å². The first-order valence-electron chi connectivity index (χ1n) is 8.95. The van der Waals surface area contributed by atoms with E-state index in [0.717, 1.165) is 43.9 Å². The second kappa shape index (κ2) is 7.35. The molecule has 0 aliphatic carbocycles. The summed E-state index contributed by atoms with van der Waals surface area (Å²) in [7, 11) is 2.13. The summed E-state index contributed by atoms with van der Waals surface area (Å²) in [5.74, 6) is 0.0688. The van der Waals surface area contributed by atoms with Crippen LogP contribution in [0.15, 0.2) is 51.9 Å². The van der Waals surface area contributed by atoms with Crippen LogP contribution in [0.25, 0.3) is 22.1 Å². The number of rotatable bonds is 3. The fourth-order valence-electron chi connectivity index (χ4n) is 3.43. The summed E-state index contributed by atoms with van der Waals surface area (Å²) in [6, 6.07) is 10.2. The van der Waals surface area contributed by atoms with Crippen LogP contribution in [0.1, 0.15) is 5.56 Å². The van der Waals surface area contributed by atoms with Crippen LogP contribution in [0.5, 0.6) is 5.75 Å². The predicted molar refractivity (Wildman–Crippen MR) is 107 cm³/mol. The van der Waals surface area contributed by atoms with Gasteiger partial charge in [0.05, 0.1) is 10.9 Å². The summed E-state index contributed by atoms with van der Waals surface area (Å²) in [6.45, 7) is 4.83. The standard InChI is InChI=1S/C21H21ClN2O3/c1-23-6-8-24(9-7-23)12-15-10-14(2-5-19(15)22)18-13-27-20-11-16(25)3-4-17(20)21(18)26/h2-5,10-11,13,25H,6-9,12H2,1H3. The highest BCUT2D eigenvalue weighted by molar-refractivity contribution is 6.31. The highest BCUT2D eigenvalue weighted by atomic mass is 35.5. The molecule has 3 aromatic rings. The number of hydrogen-bond donors (Lipinski definition) is 1. The molecule has 6 heteroatoms. The number of piperazine rings is 1. The van der Waals surface area contributed by atoms with Gasteiger partial charge < -0.3 is 14.4 Å². The summed E-state index contributed by atoms with van der Waals surface area (Å²) in [5, 5.41) is 10.7. The Kier molecular flexibility index (Phi) is 4.91. The third-order valence-corrected chi connectivity index (χ3v) is 5.47. The average Bonchev–Trinajstić information content (AvgIpc) is 2.66. The largest absolute Gasteiger partial charge is 0.508 e. The molecule has 27 heavy (non-hydrogen) atoms. The lowest BCUT2D eigenvalue weighted by atomic mass is 10.0. The van der Waals surface area contributed by atoms with E-state index >= 15 is 0 Å². The highest BCUT2D eigenvalue weighted by Gasteiger charge is 2.16. The van der Waals surface area contributed by atoms with Gasteiger partial charge in [-0.1, -0.05) is 17.7 Å². The van der Waals surface area contributed by atoms with E-state index in [1.54, 1.807) is 6.07 Å². The van der Waals surface area contributed by atoms with Crippen LogP contribution in [0.2, 0.25) is 5.02 Å². The molecule has 1 aliphatic heterocycles. The van der Waals surface area contributed by atoms with E-state index < -0.39 is 0 Å². The molecule has 0 amide bonds. The lowest BCUT2D eigenvalue weighted by Gasteiger charge is -2.32. The Hall–Kier alpha value is -2.34. The van der Waals surface area contributed by atoms with Crippen molar-refractivity contribution < 1.29 is 9.52 Å². The van der Waals surface area contributed by atoms with Crippen LogP contribution in [-0.4, -0.2) is 48.1 Å². The molecule has 0 radical (unpaired) electrons. The van der Waals surface area contributed by atoms with Crippen molar-refractivity contribution in [2.75, 3.05) is 33.2 Å². The quantitative estimate of drug-likeness (QED) is 0.748. The van der Waals surface area contributed by atoms with Crippen LogP contribution in [-0.2, 0) is 6.54 Å². The van der Waals surface area contributed by atoms with Gasteiger partial charge in [0.1, 0.15) is 17.6 Å². The summed E-state index contributed by atoms with van der Waals surface area (Å²) in [6.07, 6.45) is 1.45. The maximum Gasteiger partial charge on any atom is 0.200 e. The first kappa shape index (κ1) is 18.0. The molecule has 2 heterocycles. The van der Waals surface area contributed by atoms with Crippen molar-refractivity contribution in [1.29, 1.82) is 0 Å². The SMILES string of the molecule is CN1CCN(Cc2cc(-c3coc4cc(O)ccc4c3=O)ccc2Cl)CC1. The van der Waals surface area contributed by atoms with E-state index in [9.17, 15) is 9.90 Å². The minimum absolute atomic E-state index is 0.0688. The topological polar surface area (TPSA) is 56.9 Å². The zero-order valence-electron chi connectivity index (χ0n) is 15.1. The molecule has 1 fully saturated rings. The van der Waals surface area contributed by atoms with Crippen molar-refractivity contribution in [1.82, 2.24) is 9.80 Å². The normalized spacial score (nSPS) is 16.1. The molecule has 0 saturated carbocycles. The fraction of sp³-hybridized carbons (Fsp3) is 0.286. The van der Waals surface area contributed by atoms with Crippen molar-refractivity contribution >= 4 is 22.6 Å². The molecule has 5 nitrogen and oxygen atoms in total. The number of likely N-dealkylation sites (N-methyl/N-ethyl adjacent to an activating group) is 1. The lowest BCUT2D eigenvalue weighted by Crippen LogP contribution is -2.43. The van der Waals surface area contributed by atoms with Crippen molar-refractivity contribution in [3.63, 3.8) is 0 Å². The molecular formula is C21H21ClN2O3. The third kappa shape index (κ3) is 3.72. The van der Waals surface area contributed by atoms with Gasteiger partial charge in [0.2, 0.25) is 0 Å². The van der Waals surface area contributed by atoms with E-state index in [2.05, 4.69) is 16.8 Å². The Morgan fingerprint density at radius 3 is 2.67 bits per heavy atom. The number of phenolic OH excluding ortho intramolecular Hbond substituents is 1. The van der Waals surface area contributed by atoms with Crippen molar-refractivity contribution in [2.24, 2.45) is 0 Å².